The Labute approximate surface area is 192 Å². The first-order valence-corrected chi connectivity index (χ1v) is 12.3. The van der Waals surface area contributed by atoms with Crippen LogP contribution in [0.25, 0.3) is 21.9 Å². The molecule has 0 aliphatic carbocycles. The van der Waals surface area contributed by atoms with Crippen LogP contribution in [0.15, 0.2) is 76.0 Å². The van der Waals surface area contributed by atoms with Crippen LogP contribution in [0, 0.1) is 5.92 Å². The minimum atomic E-state index is -3.69. The number of methoxy groups -OCH3 is 1. The molecular formula is C25H24N2O5S. The van der Waals surface area contributed by atoms with Crippen LogP contribution in [0.5, 0.6) is 5.75 Å². The zero-order valence-corrected chi connectivity index (χ0v) is 19.0. The van der Waals surface area contributed by atoms with Gasteiger partial charge in [0.1, 0.15) is 16.9 Å². The van der Waals surface area contributed by atoms with Gasteiger partial charge in [0.25, 0.3) is 0 Å². The molecular weight excluding hydrogens is 440 g/mol. The molecule has 8 heteroatoms. The minimum Gasteiger partial charge on any atom is -0.497 e. The van der Waals surface area contributed by atoms with Crippen LogP contribution < -0.4 is 10.1 Å². The van der Waals surface area contributed by atoms with E-state index in [2.05, 4.69) is 5.32 Å². The second-order valence-electron chi connectivity index (χ2n) is 8.18. The lowest BCUT2D eigenvalue weighted by molar-refractivity contribution is -0.120. The highest BCUT2D eigenvalue weighted by Gasteiger charge is 2.33. The van der Waals surface area contributed by atoms with Crippen LogP contribution in [0.4, 0.5) is 5.69 Å². The smallest absolute Gasteiger partial charge is 0.243 e. The van der Waals surface area contributed by atoms with Gasteiger partial charge in [0.05, 0.1) is 17.9 Å². The summed E-state index contributed by atoms with van der Waals surface area (Å²) in [7, 11) is -2.16. The Hall–Kier alpha value is -3.36. The lowest BCUT2D eigenvalue weighted by Crippen LogP contribution is -2.43. The largest absolute Gasteiger partial charge is 0.497 e. The first kappa shape index (κ1) is 21.5. The summed E-state index contributed by atoms with van der Waals surface area (Å²) in [6.45, 7) is 0.538. The Morgan fingerprint density at radius 3 is 2.58 bits per heavy atom. The van der Waals surface area contributed by atoms with E-state index in [4.69, 9.17) is 9.15 Å². The molecule has 1 saturated heterocycles. The molecule has 1 atom stereocenters. The summed E-state index contributed by atoms with van der Waals surface area (Å²) in [4.78, 5) is 13.2. The van der Waals surface area contributed by atoms with Crippen LogP contribution in [0.3, 0.4) is 0 Å². The fraction of sp³-hybridized carbons (Fsp3) is 0.240. The summed E-state index contributed by atoms with van der Waals surface area (Å²) in [6, 6.07) is 19.7. The molecule has 1 aliphatic rings. The second-order valence-corrected chi connectivity index (χ2v) is 10.1. The Morgan fingerprint density at radius 1 is 1.03 bits per heavy atom. The molecule has 1 fully saturated rings. The van der Waals surface area contributed by atoms with Crippen molar-refractivity contribution in [3.63, 3.8) is 0 Å². The Bertz CT molecular complexity index is 1430. The van der Waals surface area contributed by atoms with Crippen molar-refractivity contribution in [3.8, 4) is 5.75 Å². The maximum atomic E-state index is 13.1. The maximum Gasteiger partial charge on any atom is 0.243 e. The van der Waals surface area contributed by atoms with E-state index in [0.717, 1.165) is 16.4 Å². The third-order valence-corrected chi connectivity index (χ3v) is 7.98. The Kier molecular flexibility index (Phi) is 5.55. The molecule has 7 nitrogen and oxygen atoms in total. The number of carbonyl (C=O) groups excluding carboxylic acids is 1. The number of nitrogens with one attached hydrogen (secondary N) is 1. The molecule has 170 valence electrons. The summed E-state index contributed by atoms with van der Waals surface area (Å²) < 4.78 is 38.6. The van der Waals surface area contributed by atoms with E-state index < -0.39 is 15.9 Å². The molecule has 4 aromatic rings. The fourth-order valence-corrected chi connectivity index (χ4v) is 5.84. The number of furan rings is 1. The molecule has 5 rings (SSSR count). The number of hydrogen-bond acceptors (Lipinski definition) is 5. The van der Waals surface area contributed by atoms with E-state index in [-0.39, 0.29) is 17.3 Å². The first-order chi connectivity index (χ1) is 16.0. The third-order valence-electron chi connectivity index (χ3n) is 6.10. The molecule has 0 spiro atoms. The van der Waals surface area contributed by atoms with Crippen molar-refractivity contribution < 1.29 is 22.4 Å². The van der Waals surface area contributed by atoms with Crippen molar-refractivity contribution in [2.24, 2.45) is 5.92 Å². The van der Waals surface area contributed by atoms with E-state index in [9.17, 15) is 13.2 Å². The number of ether oxygens (including phenoxy) is 1. The lowest BCUT2D eigenvalue weighted by atomic mass is 9.98. The van der Waals surface area contributed by atoms with Gasteiger partial charge >= 0.3 is 0 Å². The SMILES string of the molecule is COc1ccc(S(=O)(=O)N2CCC[C@@H](C(=O)Nc3ccc4c(c3)oc3ccccc34)C2)cc1. The number of benzene rings is 3. The van der Waals surface area contributed by atoms with Crippen molar-refractivity contribution in [3.05, 3.63) is 66.7 Å². The quantitative estimate of drug-likeness (QED) is 0.465. The summed E-state index contributed by atoms with van der Waals surface area (Å²) in [5.74, 6) is -0.0375. The van der Waals surface area contributed by atoms with E-state index in [1.54, 1.807) is 12.1 Å². The van der Waals surface area contributed by atoms with Gasteiger partial charge in [0.15, 0.2) is 0 Å². The van der Waals surface area contributed by atoms with Gasteiger partial charge in [-0.05, 0) is 55.3 Å². The van der Waals surface area contributed by atoms with Gasteiger partial charge in [0, 0.05) is 35.6 Å². The van der Waals surface area contributed by atoms with E-state index in [0.29, 0.717) is 36.4 Å². The summed E-state index contributed by atoms with van der Waals surface area (Å²) in [5.41, 5.74) is 2.12. The zero-order valence-electron chi connectivity index (χ0n) is 18.2. The normalized spacial score (nSPS) is 17.3. The molecule has 2 heterocycles. The number of anilines is 1. The maximum absolute atomic E-state index is 13.1. The molecule has 0 unspecified atom stereocenters. The number of fused-ring (bicyclic) bond motifs is 3. The lowest BCUT2D eigenvalue weighted by Gasteiger charge is -2.31. The molecule has 3 aromatic carbocycles. The van der Waals surface area contributed by atoms with Gasteiger partial charge in [0.2, 0.25) is 15.9 Å². The molecule has 0 bridgehead atoms. The van der Waals surface area contributed by atoms with Gasteiger partial charge < -0.3 is 14.5 Å². The number of sulfonamides is 1. The molecule has 0 radical (unpaired) electrons. The number of nitrogens with zero attached hydrogens (tertiary/aromatic N) is 1. The van der Waals surface area contributed by atoms with E-state index in [1.165, 1.54) is 23.5 Å². The molecule has 1 aromatic heterocycles. The van der Waals surface area contributed by atoms with Gasteiger partial charge in [-0.25, -0.2) is 8.42 Å². The Morgan fingerprint density at radius 2 is 1.79 bits per heavy atom. The molecule has 0 saturated carbocycles. The third kappa shape index (κ3) is 4.07. The number of rotatable bonds is 5. The topological polar surface area (TPSA) is 88.9 Å². The van der Waals surface area contributed by atoms with Crippen molar-refractivity contribution >= 4 is 43.6 Å². The standard InChI is InChI=1S/C25H24N2O5S/c1-31-19-9-11-20(12-10-19)33(29,30)27-14-4-5-17(16-27)25(28)26-18-8-13-22-21-6-2-3-7-23(21)32-24(22)15-18/h2-3,6-13,15,17H,4-5,14,16H2,1H3,(H,26,28)/t17-/m1/s1. The molecule has 33 heavy (non-hydrogen) atoms. The van der Waals surface area contributed by atoms with Crippen molar-refractivity contribution in [2.45, 2.75) is 17.7 Å². The summed E-state index contributed by atoms with van der Waals surface area (Å²) >= 11 is 0. The number of hydrogen-bond donors (Lipinski definition) is 1. The Balaban J connectivity index is 1.32. The van der Waals surface area contributed by atoms with E-state index in [1.807, 2.05) is 42.5 Å². The monoisotopic (exact) mass is 464 g/mol. The van der Waals surface area contributed by atoms with Crippen molar-refractivity contribution in [1.29, 1.82) is 0 Å². The fourth-order valence-electron chi connectivity index (χ4n) is 4.32. The molecule has 1 amide bonds. The minimum absolute atomic E-state index is 0.146. The van der Waals surface area contributed by atoms with Crippen LogP contribution in [0.2, 0.25) is 0 Å². The summed E-state index contributed by atoms with van der Waals surface area (Å²) in [6.07, 6.45) is 1.25. The van der Waals surface area contributed by atoms with Crippen LogP contribution in [0.1, 0.15) is 12.8 Å². The van der Waals surface area contributed by atoms with Crippen LogP contribution in [-0.2, 0) is 14.8 Å². The molecule has 1 aliphatic heterocycles. The highest BCUT2D eigenvalue weighted by molar-refractivity contribution is 7.89. The first-order valence-electron chi connectivity index (χ1n) is 10.8. The number of carbonyl (C=O) groups is 1. The number of para-hydroxylation sites is 1. The van der Waals surface area contributed by atoms with Crippen LogP contribution in [-0.4, -0.2) is 38.8 Å². The number of piperidine rings is 1. The predicted octanol–water partition coefficient (Wildman–Crippen LogP) is 4.63. The highest BCUT2D eigenvalue weighted by Crippen LogP contribution is 2.31. The van der Waals surface area contributed by atoms with Gasteiger partial charge in [-0.1, -0.05) is 18.2 Å². The zero-order chi connectivity index (χ0) is 23.0. The average Bonchev–Trinajstić information content (AvgIpc) is 3.22. The van der Waals surface area contributed by atoms with Crippen molar-refractivity contribution in [1.82, 2.24) is 4.31 Å². The summed E-state index contributed by atoms with van der Waals surface area (Å²) in [5, 5.41) is 4.95. The predicted molar refractivity (Wildman–Crippen MR) is 127 cm³/mol. The van der Waals surface area contributed by atoms with Gasteiger partial charge in [-0.3, -0.25) is 4.79 Å². The molecule has 1 N–H and O–H groups in total. The number of amides is 1. The van der Waals surface area contributed by atoms with Gasteiger partial charge in [-0.2, -0.15) is 4.31 Å². The average molecular weight is 465 g/mol. The second kappa shape index (κ2) is 8.53. The highest BCUT2D eigenvalue weighted by atomic mass is 32.2. The van der Waals surface area contributed by atoms with E-state index >= 15 is 0 Å². The van der Waals surface area contributed by atoms with Gasteiger partial charge in [-0.15, -0.1) is 0 Å². The van der Waals surface area contributed by atoms with Crippen LogP contribution >= 0.6 is 0 Å². The van der Waals surface area contributed by atoms with Crippen molar-refractivity contribution in [2.75, 3.05) is 25.5 Å².